The molecule has 0 radical (unpaired) electrons. The number of hydrogen-bond acceptors (Lipinski definition) is 4. The average molecular weight is 297 g/mol. The van der Waals surface area contributed by atoms with Crippen LogP contribution in [-0.4, -0.2) is 54.6 Å². The lowest BCUT2D eigenvalue weighted by molar-refractivity contribution is 0.116. The van der Waals surface area contributed by atoms with E-state index in [4.69, 9.17) is 11.6 Å². The molecule has 1 aromatic rings. The Hall–Kier alpha value is -0.840. The highest BCUT2D eigenvalue weighted by atomic mass is 35.5. The predicted octanol–water partition coefficient (Wildman–Crippen LogP) is 2.55. The smallest absolute Gasteiger partial charge is 0.126 e. The molecule has 1 aromatic heterocycles. The summed E-state index contributed by atoms with van der Waals surface area (Å²) in [6.45, 7) is 11.1. The third-order valence-corrected chi connectivity index (χ3v) is 3.98. The number of anilines is 1. The number of halogens is 1. The van der Waals surface area contributed by atoms with Crippen LogP contribution < -0.4 is 5.32 Å². The second-order valence-corrected chi connectivity index (χ2v) is 6.25. The summed E-state index contributed by atoms with van der Waals surface area (Å²) in [5.74, 6) is 1.62. The van der Waals surface area contributed by atoms with Crippen LogP contribution >= 0.6 is 11.6 Å². The molecule has 1 aliphatic heterocycles. The maximum Gasteiger partial charge on any atom is 0.126 e. The van der Waals surface area contributed by atoms with Crippen molar-refractivity contribution in [2.24, 2.45) is 5.92 Å². The second kappa shape index (κ2) is 7.25. The van der Waals surface area contributed by atoms with E-state index in [-0.39, 0.29) is 0 Å². The zero-order valence-corrected chi connectivity index (χ0v) is 13.5. The SMILES string of the molecule is CNc1ccc(Cl)c(CN2CCN(CC(C)C)CC2)n1. The Bertz CT molecular complexity index is 428. The Morgan fingerprint density at radius 1 is 1.20 bits per heavy atom. The van der Waals surface area contributed by atoms with Gasteiger partial charge >= 0.3 is 0 Å². The molecule has 4 nitrogen and oxygen atoms in total. The maximum absolute atomic E-state index is 6.24. The summed E-state index contributed by atoms with van der Waals surface area (Å²) in [4.78, 5) is 9.53. The predicted molar refractivity (Wildman–Crippen MR) is 85.3 cm³/mol. The van der Waals surface area contributed by atoms with Gasteiger partial charge in [-0.2, -0.15) is 0 Å². The van der Waals surface area contributed by atoms with Crippen molar-refractivity contribution < 1.29 is 0 Å². The standard InChI is InChI=1S/C15H25ClN4/c1-12(2)10-19-6-8-20(9-7-19)11-14-13(16)4-5-15(17-3)18-14/h4-5,12H,6-11H2,1-3H3,(H,17,18). The summed E-state index contributed by atoms with van der Waals surface area (Å²) in [5, 5.41) is 3.82. The van der Waals surface area contributed by atoms with Gasteiger partial charge in [0.2, 0.25) is 0 Å². The monoisotopic (exact) mass is 296 g/mol. The van der Waals surface area contributed by atoms with E-state index < -0.39 is 0 Å². The molecule has 0 spiro atoms. The van der Waals surface area contributed by atoms with Gasteiger partial charge in [-0.05, 0) is 18.1 Å². The third-order valence-electron chi connectivity index (χ3n) is 3.64. The number of aromatic nitrogens is 1. The van der Waals surface area contributed by atoms with E-state index in [1.54, 1.807) is 0 Å². The van der Waals surface area contributed by atoms with E-state index in [0.29, 0.717) is 0 Å². The van der Waals surface area contributed by atoms with Crippen molar-refractivity contribution in [3.63, 3.8) is 0 Å². The Balaban J connectivity index is 1.89. The van der Waals surface area contributed by atoms with E-state index in [1.165, 1.54) is 6.54 Å². The van der Waals surface area contributed by atoms with Gasteiger partial charge in [0.25, 0.3) is 0 Å². The minimum absolute atomic E-state index is 0.741. The van der Waals surface area contributed by atoms with Crippen LogP contribution in [0.4, 0.5) is 5.82 Å². The van der Waals surface area contributed by atoms with Gasteiger partial charge in [0, 0.05) is 46.3 Å². The highest BCUT2D eigenvalue weighted by Crippen LogP contribution is 2.19. The lowest BCUT2D eigenvalue weighted by Gasteiger charge is -2.35. The fourth-order valence-electron chi connectivity index (χ4n) is 2.59. The first kappa shape index (κ1) is 15.5. The Kier molecular flexibility index (Phi) is 5.64. The zero-order valence-electron chi connectivity index (χ0n) is 12.7. The first-order valence-electron chi connectivity index (χ1n) is 7.36. The number of pyridine rings is 1. The van der Waals surface area contributed by atoms with Gasteiger partial charge in [0.15, 0.2) is 0 Å². The molecule has 1 N–H and O–H groups in total. The molecule has 2 rings (SSSR count). The van der Waals surface area contributed by atoms with Crippen LogP contribution in [0.25, 0.3) is 0 Å². The first-order chi connectivity index (χ1) is 9.58. The summed E-state index contributed by atoms with van der Waals surface area (Å²) in [6, 6.07) is 3.83. The number of nitrogens with zero attached hydrogens (tertiary/aromatic N) is 3. The molecule has 112 valence electrons. The van der Waals surface area contributed by atoms with Crippen LogP contribution in [0.2, 0.25) is 5.02 Å². The molecular weight excluding hydrogens is 272 g/mol. The van der Waals surface area contributed by atoms with Crippen molar-refractivity contribution in [3.8, 4) is 0 Å². The molecule has 5 heteroatoms. The van der Waals surface area contributed by atoms with E-state index in [9.17, 15) is 0 Å². The molecule has 1 fully saturated rings. The Morgan fingerprint density at radius 2 is 1.85 bits per heavy atom. The van der Waals surface area contributed by atoms with Crippen molar-refractivity contribution in [1.82, 2.24) is 14.8 Å². The Labute approximate surface area is 127 Å². The van der Waals surface area contributed by atoms with Crippen LogP contribution in [0.15, 0.2) is 12.1 Å². The van der Waals surface area contributed by atoms with Crippen LogP contribution in [0, 0.1) is 5.92 Å². The number of hydrogen-bond donors (Lipinski definition) is 1. The van der Waals surface area contributed by atoms with E-state index in [0.717, 1.165) is 55.2 Å². The maximum atomic E-state index is 6.24. The summed E-state index contributed by atoms with van der Waals surface area (Å²) >= 11 is 6.24. The van der Waals surface area contributed by atoms with Crippen LogP contribution in [0.1, 0.15) is 19.5 Å². The van der Waals surface area contributed by atoms with Gasteiger partial charge in [-0.25, -0.2) is 4.98 Å². The van der Waals surface area contributed by atoms with Crippen molar-refractivity contribution in [2.75, 3.05) is 45.1 Å². The number of nitrogens with one attached hydrogen (secondary N) is 1. The largest absolute Gasteiger partial charge is 0.373 e. The van der Waals surface area contributed by atoms with Gasteiger partial charge < -0.3 is 10.2 Å². The second-order valence-electron chi connectivity index (χ2n) is 5.85. The molecule has 0 aromatic carbocycles. The van der Waals surface area contributed by atoms with E-state index in [1.807, 2.05) is 19.2 Å². The van der Waals surface area contributed by atoms with Gasteiger partial charge in [-0.1, -0.05) is 25.4 Å². The fourth-order valence-corrected chi connectivity index (χ4v) is 2.76. The topological polar surface area (TPSA) is 31.4 Å². The summed E-state index contributed by atoms with van der Waals surface area (Å²) in [5.41, 5.74) is 0.968. The quantitative estimate of drug-likeness (QED) is 0.905. The van der Waals surface area contributed by atoms with Crippen molar-refractivity contribution in [2.45, 2.75) is 20.4 Å². The minimum atomic E-state index is 0.741. The van der Waals surface area contributed by atoms with Gasteiger partial charge in [0.1, 0.15) is 5.82 Å². The molecule has 2 heterocycles. The molecule has 0 amide bonds. The highest BCUT2D eigenvalue weighted by molar-refractivity contribution is 6.31. The molecule has 0 atom stereocenters. The van der Waals surface area contributed by atoms with Gasteiger partial charge in [0.05, 0.1) is 10.7 Å². The normalized spacial score (nSPS) is 17.6. The lowest BCUT2D eigenvalue weighted by Crippen LogP contribution is -2.47. The molecule has 0 saturated carbocycles. The van der Waals surface area contributed by atoms with Crippen molar-refractivity contribution in [1.29, 1.82) is 0 Å². The summed E-state index contributed by atoms with van der Waals surface area (Å²) in [6.07, 6.45) is 0. The number of piperazine rings is 1. The fraction of sp³-hybridized carbons (Fsp3) is 0.667. The van der Waals surface area contributed by atoms with E-state index >= 15 is 0 Å². The highest BCUT2D eigenvalue weighted by Gasteiger charge is 2.18. The molecule has 1 saturated heterocycles. The van der Waals surface area contributed by atoms with E-state index in [2.05, 4.69) is 33.9 Å². The lowest BCUT2D eigenvalue weighted by atomic mass is 10.2. The molecule has 0 bridgehead atoms. The third kappa shape index (κ3) is 4.33. The van der Waals surface area contributed by atoms with Crippen LogP contribution in [-0.2, 0) is 6.54 Å². The molecule has 20 heavy (non-hydrogen) atoms. The Morgan fingerprint density at radius 3 is 2.45 bits per heavy atom. The van der Waals surface area contributed by atoms with Gasteiger partial charge in [-0.15, -0.1) is 0 Å². The summed E-state index contributed by atoms with van der Waals surface area (Å²) < 4.78 is 0. The molecular formula is C15H25ClN4. The van der Waals surface area contributed by atoms with Crippen LogP contribution in [0.3, 0.4) is 0 Å². The molecule has 1 aliphatic rings. The van der Waals surface area contributed by atoms with Crippen LogP contribution in [0.5, 0.6) is 0 Å². The minimum Gasteiger partial charge on any atom is -0.373 e. The average Bonchev–Trinajstić information content (AvgIpc) is 2.43. The number of rotatable bonds is 5. The summed E-state index contributed by atoms with van der Waals surface area (Å²) in [7, 11) is 1.88. The molecule has 0 unspecified atom stereocenters. The molecule has 0 aliphatic carbocycles. The van der Waals surface area contributed by atoms with Gasteiger partial charge in [-0.3, -0.25) is 4.90 Å². The zero-order chi connectivity index (χ0) is 14.5. The first-order valence-corrected chi connectivity index (χ1v) is 7.74. The van der Waals surface area contributed by atoms with Crippen molar-refractivity contribution in [3.05, 3.63) is 22.8 Å². The van der Waals surface area contributed by atoms with Crippen molar-refractivity contribution >= 4 is 17.4 Å².